The lowest BCUT2D eigenvalue weighted by Gasteiger charge is -2.23. The Hall–Kier alpha value is -1.06. The van der Waals surface area contributed by atoms with Gasteiger partial charge in [0.15, 0.2) is 0 Å². The Labute approximate surface area is 128 Å². The van der Waals surface area contributed by atoms with Crippen molar-refractivity contribution < 1.29 is 9.53 Å². The predicted molar refractivity (Wildman–Crippen MR) is 85.2 cm³/mol. The first kappa shape index (κ1) is 18.9. The summed E-state index contributed by atoms with van der Waals surface area (Å²) in [5, 5.41) is 3.41. The highest BCUT2D eigenvalue weighted by Crippen LogP contribution is 2.14. The summed E-state index contributed by atoms with van der Waals surface area (Å²) in [4.78, 5) is 11.7. The van der Waals surface area contributed by atoms with Gasteiger partial charge in [-0.2, -0.15) is 0 Å². The SMILES string of the molecule is CC(CC(=O)OC(C)(C)C)N[C@@H](C)c1ccccc1.Cl. The van der Waals surface area contributed by atoms with Crippen LogP contribution in [0.5, 0.6) is 0 Å². The van der Waals surface area contributed by atoms with Gasteiger partial charge in [-0.3, -0.25) is 4.79 Å². The van der Waals surface area contributed by atoms with E-state index in [1.807, 2.05) is 45.9 Å². The van der Waals surface area contributed by atoms with Gasteiger partial charge in [0.25, 0.3) is 0 Å². The molecule has 1 aromatic carbocycles. The van der Waals surface area contributed by atoms with Crippen LogP contribution in [0, 0.1) is 0 Å². The molecule has 1 rings (SSSR count). The van der Waals surface area contributed by atoms with E-state index in [-0.39, 0.29) is 30.5 Å². The van der Waals surface area contributed by atoms with Gasteiger partial charge in [0, 0.05) is 12.1 Å². The number of carbonyl (C=O) groups excluding carboxylic acids is 1. The molecule has 1 N–H and O–H groups in total. The number of hydrogen-bond acceptors (Lipinski definition) is 3. The maximum Gasteiger partial charge on any atom is 0.307 e. The minimum absolute atomic E-state index is 0. The van der Waals surface area contributed by atoms with E-state index in [2.05, 4.69) is 24.4 Å². The summed E-state index contributed by atoms with van der Waals surface area (Å²) in [7, 11) is 0. The third-order valence-corrected chi connectivity index (χ3v) is 2.73. The van der Waals surface area contributed by atoms with Crippen LogP contribution in [-0.4, -0.2) is 17.6 Å². The number of benzene rings is 1. The maximum atomic E-state index is 11.7. The molecule has 1 unspecified atom stereocenters. The van der Waals surface area contributed by atoms with E-state index in [1.54, 1.807) is 0 Å². The molecule has 1 aromatic rings. The van der Waals surface area contributed by atoms with E-state index in [4.69, 9.17) is 4.74 Å². The lowest BCUT2D eigenvalue weighted by atomic mass is 10.1. The number of halogens is 1. The van der Waals surface area contributed by atoms with Crippen molar-refractivity contribution in [3.05, 3.63) is 35.9 Å². The van der Waals surface area contributed by atoms with Gasteiger partial charge in [-0.15, -0.1) is 12.4 Å². The number of ether oxygens (including phenoxy) is 1. The van der Waals surface area contributed by atoms with Gasteiger partial charge in [0.2, 0.25) is 0 Å². The van der Waals surface area contributed by atoms with Crippen molar-refractivity contribution in [1.29, 1.82) is 0 Å². The van der Waals surface area contributed by atoms with Gasteiger partial charge in [-0.1, -0.05) is 30.3 Å². The second-order valence-corrected chi connectivity index (χ2v) is 5.99. The second kappa shape index (κ2) is 8.28. The lowest BCUT2D eigenvalue weighted by molar-refractivity contribution is -0.155. The van der Waals surface area contributed by atoms with Crippen LogP contribution in [0.2, 0.25) is 0 Å². The lowest BCUT2D eigenvalue weighted by Crippen LogP contribution is -2.33. The summed E-state index contributed by atoms with van der Waals surface area (Å²) in [6.45, 7) is 9.76. The first-order valence-corrected chi connectivity index (χ1v) is 6.81. The van der Waals surface area contributed by atoms with Crippen molar-refractivity contribution in [2.75, 3.05) is 0 Å². The van der Waals surface area contributed by atoms with Crippen molar-refractivity contribution in [3.63, 3.8) is 0 Å². The third-order valence-electron chi connectivity index (χ3n) is 2.73. The molecule has 0 aliphatic carbocycles. The molecule has 2 atom stereocenters. The summed E-state index contributed by atoms with van der Waals surface area (Å²) < 4.78 is 5.32. The Bertz CT molecular complexity index is 401. The van der Waals surface area contributed by atoms with Crippen molar-refractivity contribution in [2.24, 2.45) is 0 Å². The molecule has 0 bridgehead atoms. The number of hydrogen-bond donors (Lipinski definition) is 1. The van der Waals surface area contributed by atoms with Gasteiger partial charge >= 0.3 is 5.97 Å². The van der Waals surface area contributed by atoms with Crippen LogP contribution in [-0.2, 0) is 9.53 Å². The normalized spacial score (nSPS) is 14.1. The standard InChI is InChI=1S/C16H25NO2.ClH/c1-12(11-15(18)19-16(3,4)5)17-13(2)14-9-7-6-8-10-14;/h6-10,12-13,17H,11H2,1-5H3;1H/t12?,13-;/m0./s1. The first-order valence-electron chi connectivity index (χ1n) is 6.81. The summed E-state index contributed by atoms with van der Waals surface area (Å²) in [5.74, 6) is -0.159. The highest BCUT2D eigenvalue weighted by Gasteiger charge is 2.19. The zero-order chi connectivity index (χ0) is 14.5. The Kier molecular flexibility index (Phi) is 7.84. The molecule has 0 aliphatic heterocycles. The molecule has 3 nitrogen and oxygen atoms in total. The highest BCUT2D eigenvalue weighted by molar-refractivity contribution is 5.85. The van der Waals surface area contributed by atoms with Crippen LogP contribution < -0.4 is 5.32 Å². The van der Waals surface area contributed by atoms with E-state index in [0.717, 1.165) is 0 Å². The van der Waals surface area contributed by atoms with Gasteiger partial charge < -0.3 is 10.1 Å². The molecule has 0 saturated carbocycles. The van der Waals surface area contributed by atoms with Gasteiger partial charge in [-0.05, 0) is 40.2 Å². The fourth-order valence-electron chi connectivity index (χ4n) is 1.96. The molecule has 0 radical (unpaired) electrons. The zero-order valence-corrected chi connectivity index (χ0v) is 13.8. The van der Waals surface area contributed by atoms with Crippen LogP contribution in [0.1, 0.15) is 52.6 Å². The minimum atomic E-state index is -0.415. The van der Waals surface area contributed by atoms with E-state index < -0.39 is 5.60 Å². The molecule has 0 amide bonds. The van der Waals surface area contributed by atoms with Crippen molar-refractivity contribution in [2.45, 2.75) is 58.7 Å². The summed E-state index contributed by atoms with van der Waals surface area (Å²) in [6.07, 6.45) is 0.383. The van der Waals surface area contributed by atoms with Gasteiger partial charge in [-0.25, -0.2) is 0 Å². The summed E-state index contributed by atoms with van der Waals surface area (Å²) in [5.41, 5.74) is 0.806. The number of nitrogens with one attached hydrogen (secondary N) is 1. The molecule has 4 heteroatoms. The molecule has 0 aliphatic rings. The van der Waals surface area contributed by atoms with Gasteiger partial charge in [0.05, 0.1) is 6.42 Å². The van der Waals surface area contributed by atoms with Crippen molar-refractivity contribution in [1.82, 2.24) is 5.32 Å². The van der Waals surface area contributed by atoms with Crippen molar-refractivity contribution >= 4 is 18.4 Å². The van der Waals surface area contributed by atoms with Crippen LogP contribution in [0.4, 0.5) is 0 Å². The Balaban J connectivity index is 0.00000361. The van der Waals surface area contributed by atoms with Gasteiger partial charge in [0.1, 0.15) is 5.60 Å². The van der Waals surface area contributed by atoms with Crippen LogP contribution in [0.3, 0.4) is 0 Å². The third kappa shape index (κ3) is 7.51. The predicted octanol–water partition coefficient (Wildman–Crippen LogP) is 3.88. The largest absolute Gasteiger partial charge is 0.460 e. The molecular formula is C16H26ClNO2. The maximum absolute atomic E-state index is 11.7. The second-order valence-electron chi connectivity index (χ2n) is 5.99. The minimum Gasteiger partial charge on any atom is -0.460 e. The molecular weight excluding hydrogens is 274 g/mol. The summed E-state index contributed by atoms with van der Waals surface area (Å²) >= 11 is 0. The molecule has 0 fully saturated rings. The smallest absolute Gasteiger partial charge is 0.307 e. The summed E-state index contributed by atoms with van der Waals surface area (Å²) in [6, 6.07) is 10.5. The molecule has 0 aromatic heterocycles. The van der Waals surface area contributed by atoms with E-state index in [9.17, 15) is 4.79 Å². The number of esters is 1. The monoisotopic (exact) mass is 299 g/mol. The molecule has 0 spiro atoms. The molecule has 20 heavy (non-hydrogen) atoms. The fraction of sp³-hybridized carbons (Fsp3) is 0.562. The Morgan fingerprint density at radius 2 is 1.75 bits per heavy atom. The average molecular weight is 300 g/mol. The van der Waals surface area contributed by atoms with E-state index >= 15 is 0 Å². The van der Waals surface area contributed by atoms with Crippen LogP contribution >= 0.6 is 12.4 Å². The Morgan fingerprint density at radius 1 is 1.20 bits per heavy atom. The molecule has 0 heterocycles. The van der Waals surface area contributed by atoms with Crippen LogP contribution in [0.15, 0.2) is 30.3 Å². The number of rotatable bonds is 5. The van der Waals surface area contributed by atoms with E-state index in [1.165, 1.54) is 5.56 Å². The highest BCUT2D eigenvalue weighted by atomic mass is 35.5. The molecule has 114 valence electrons. The first-order chi connectivity index (χ1) is 8.78. The fourth-order valence-corrected chi connectivity index (χ4v) is 1.96. The zero-order valence-electron chi connectivity index (χ0n) is 13.0. The Morgan fingerprint density at radius 3 is 2.25 bits per heavy atom. The molecule has 0 saturated heterocycles. The van der Waals surface area contributed by atoms with Crippen molar-refractivity contribution in [3.8, 4) is 0 Å². The quantitative estimate of drug-likeness (QED) is 0.839. The average Bonchev–Trinajstić information content (AvgIpc) is 2.27. The van der Waals surface area contributed by atoms with E-state index in [0.29, 0.717) is 6.42 Å². The number of carbonyl (C=O) groups is 1. The topological polar surface area (TPSA) is 38.3 Å². The van der Waals surface area contributed by atoms with Crippen LogP contribution in [0.25, 0.3) is 0 Å².